The second-order valence-electron chi connectivity index (χ2n) is 7.51. The van der Waals surface area contributed by atoms with Crippen molar-refractivity contribution in [2.75, 3.05) is 7.11 Å². The molecule has 1 aliphatic carbocycles. The van der Waals surface area contributed by atoms with Crippen molar-refractivity contribution in [1.82, 2.24) is 0 Å². The number of nitrogens with zero attached hydrogens (tertiary/aromatic N) is 1. The summed E-state index contributed by atoms with van der Waals surface area (Å²) < 4.78 is 16.7. The van der Waals surface area contributed by atoms with Crippen LogP contribution in [-0.2, 0) is 25.7 Å². The molecule has 1 heterocycles. The third-order valence-corrected chi connectivity index (χ3v) is 5.64. The molecule has 0 saturated carbocycles. The number of rotatable bonds is 5. The number of hydrogen-bond donors (Lipinski definition) is 1. The average Bonchev–Trinajstić information content (AvgIpc) is 2.82. The number of methoxy groups -OCH3 is 1. The predicted octanol–water partition coefficient (Wildman–Crippen LogP) is 3.60. The van der Waals surface area contributed by atoms with E-state index in [2.05, 4.69) is 6.07 Å². The second-order valence-corrected chi connectivity index (χ2v) is 7.51. The molecule has 0 amide bonds. The highest BCUT2D eigenvalue weighted by atomic mass is 16.5. The highest BCUT2D eigenvalue weighted by Gasteiger charge is 2.42. The van der Waals surface area contributed by atoms with Crippen molar-refractivity contribution >= 4 is 11.8 Å². The Morgan fingerprint density at radius 3 is 2.72 bits per heavy atom. The van der Waals surface area contributed by atoms with Crippen molar-refractivity contribution in [1.29, 1.82) is 5.26 Å². The predicted molar refractivity (Wildman–Crippen MR) is 115 cm³/mol. The summed E-state index contributed by atoms with van der Waals surface area (Å²) in [6.45, 7) is 0.149. The van der Waals surface area contributed by atoms with Gasteiger partial charge in [-0.2, -0.15) is 5.26 Å². The van der Waals surface area contributed by atoms with Crippen LogP contribution in [0.2, 0.25) is 0 Å². The molecule has 2 aliphatic rings. The van der Waals surface area contributed by atoms with E-state index in [-0.39, 0.29) is 23.8 Å². The van der Waals surface area contributed by atoms with Gasteiger partial charge < -0.3 is 19.9 Å². The van der Waals surface area contributed by atoms with Crippen LogP contribution in [0, 0.1) is 11.3 Å². The van der Waals surface area contributed by atoms with E-state index < -0.39 is 11.9 Å². The maximum atomic E-state index is 12.9. The van der Waals surface area contributed by atoms with Crippen LogP contribution in [0.5, 0.6) is 5.75 Å². The van der Waals surface area contributed by atoms with Gasteiger partial charge in [-0.25, -0.2) is 4.79 Å². The summed E-state index contributed by atoms with van der Waals surface area (Å²) in [5.41, 5.74) is 8.47. The summed E-state index contributed by atoms with van der Waals surface area (Å²) in [5.74, 6) is -0.620. The number of ether oxygens (including phenoxy) is 3. The molecule has 0 spiro atoms. The molecule has 162 valence electrons. The Hall–Kier alpha value is -4.05. The van der Waals surface area contributed by atoms with Gasteiger partial charge in [0, 0.05) is 29.5 Å². The SMILES string of the molecule is COC(=O)C1=C(N)OC2=C(C(=O)CCC2)[C@H]1c1ccccc1OCc1ccccc1C#N. The van der Waals surface area contributed by atoms with Crippen LogP contribution < -0.4 is 10.5 Å². The zero-order chi connectivity index (χ0) is 22.7. The third kappa shape index (κ3) is 3.83. The quantitative estimate of drug-likeness (QED) is 0.721. The molecule has 0 radical (unpaired) electrons. The largest absolute Gasteiger partial charge is 0.489 e. The zero-order valence-electron chi connectivity index (χ0n) is 17.6. The molecule has 32 heavy (non-hydrogen) atoms. The molecule has 1 aliphatic heterocycles. The van der Waals surface area contributed by atoms with Crippen molar-refractivity contribution < 1.29 is 23.8 Å². The van der Waals surface area contributed by atoms with Crippen molar-refractivity contribution in [2.24, 2.45) is 5.73 Å². The Morgan fingerprint density at radius 1 is 1.19 bits per heavy atom. The molecular weight excluding hydrogens is 408 g/mol. The molecule has 7 heteroatoms. The van der Waals surface area contributed by atoms with Crippen LogP contribution in [0.4, 0.5) is 0 Å². The monoisotopic (exact) mass is 430 g/mol. The van der Waals surface area contributed by atoms with Gasteiger partial charge in [-0.15, -0.1) is 0 Å². The first-order chi connectivity index (χ1) is 15.5. The van der Waals surface area contributed by atoms with Gasteiger partial charge in [-0.05, 0) is 18.6 Å². The number of nitriles is 1. The minimum atomic E-state index is -0.763. The molecule has 0 saturated heterocycles. The van der Waals surface area contributed by atoms with Crippen molar-refractivity contribution in [3.63, 3.8) is 0 Å². The van der Waals surface area contributed by atoms with Crippen molar-refractivity contribution in [3.05, 3.63) is 88.0 Å². The fraction of sp³-hybridized carbons (Fsp3) is 0.240. The molecule has 0 fully saturated rings. The summed E-state index contributed by atoms with van der Waals surface area (Å²) in [6.07, 6.45) is 1.59. The molecule has 2 aromatic rings. The fourth-order valence-electron chi connectivity index (χ4n) is 4.14. The van der Waals surface area contributed by atoms with E-state index in [9.17, 15) is 14.9 Å². The van der Waals surface area contributed by atoms with Crippen molar-refractivity contribution in [2.45, 2.75) is 31.8 Å². The number of benzene rings is 2. The number of para-hydroxylation sites is 1. The smallest absolute Gasteiger partial charge is 0.340 e. The molecule has 2 N–H and O–H groups in total. The number of allylic oxidation sites excluding steroid dienone is 2. The average molecular weight is 430 g/mol. The van der Waals surface area contributed by atoms with Crippen LogP contribution in [0.3, 0.4) is 0 Å². The molecule has 4 rings (SSSR count). The minimum absolute atomic E-state index is 0.0695. The van der Waals surface area contributed by atoms with Gasteiger partial charge in [-0.3, -0.25) is 4.79 Å². The maximum Gasteiger partial charge on any atom is 0.340 e. The lowest BCUT2D eigenvalue weighted by atomic mass is 9.77. The Labute approximate surface area is 185 Å². The maximum absolute atomic E-state index is 12.9. The van der Waals surface area contributed by atoms with Crippen molar-refractivity contribution in [3.8, 4) is 11.8 Å². The van der Waals surface area contributed by atoms with Crippen LogP contribution in [0.25, 0.3) is 0 Å². The van der Waals surface area contributed by atoms with Crippen LogP contribution in [0.1, 0.15) is 41.9 Å². The van der Waals surface area contributed by atoms with Gasteiger partial charge in [-0.1, -0.05) is 36.4 Å². The number of esters is 1. The molecular formula is C25H22N2O5. The van der Waals surface area contributed by atoms with Gasteiger partial charge in [0.15, 0.2) is 5.78 Å². The van der Waals surface area contributed by atoms with Crippen LogP contribution in [-0.4, -0.2) is 18.9 Å². The van der Waals surface area contributed by atoms with E-state index in [0.29, 0.717) is 47.5 Å². The lowest BCUT2D eigenvalue weighted by Gasteiger charge is -2.32. The summed E-state index contributed by atoms with van der Waals surface area (Å²) in [5, 5.41) is 9.35. The topological polar surface area (TPSA) is 112 Å². The number of nitrogens with two attached hydrogens (primary N) is 1. The molecule has 1 atom stereocenters. The van der Waals surface area contributed by atoms with E-state index in [4.69, 9.17) is 19.9 Å². The minimum Gasteiger partial charge on any atom is -0.489 e. The van der Waals surface area contributed by atoms with Gasteiger partial charge in [0.25, 0.3) is 0 Å². The van der Waals surface area contributed by atoms with Gasteiger partial charge in [0.05, 0.1) is 24.7 Å². The molecule has 0 aromatic heterocycles. The summed E-state index contributed by atoms with van der Waals surface area (Å²) in [4.78, 5) is 25.6. The van der Waals surface area contributed by atoms with Crippen LogP contribution in [0.15, 0.2) is 71.3 Å². The third-order valence-electron chi connectivity index (χ3n) is 5.64. The number of carbonyl (C=O) groups is 2. The Morgan fingerprint density at radius 2 is 1.94 bits per heavy atom. The molecule has 0 bridgehead atoms. The summed E-state index contributed by atoms with van der Waals surface area (Å²) in [6, 6.07) is 16.5. The highest BCUT2D eigenvalue weighted by Crippen LogP contribution is 2.46. The molecule has 7 nitrogen and oxygen atoms in total. The van der Waals surface area contributed by atoms with Gasteiger partial charge in [0.2, 0.25) is 5.88 Å². The highest BCUT2D eigenvalue weighted by molar-refractivity contribution is 6.03. The van der Waals surface area contributed by atoms with E-state index in [1.54, 1.807) is 36.4 Å². The number of Topliss-reactive ketones (excluding diaryl/α,β-unsaturated/α-hetero) is 1. The van der Waals surface area contributed by atoms with E-state index in [0.717, 1.165) is 5.56 Å². The first-order valence-electron chi connectivity index (χ1n) is 10.3. The molecule has 2 aromatic carbocycles. The zero-order valence-corrected chi connectivity index (χ0v) is 17.6. The molecule has 0 unspecified atom stereocenters. The Bertz CT molecular complexity index is 1190. The van der Waals surface area contributed by atoms with Gasteiger partial charge >= 0.3 is 5.97 Å². The second kappa shape index (κ2) is 8.98. The Kier molecular flexibility index (Phi) is 5.95. The lowest BCUT2D eigenvalue weighted by Crippen LogP contribution is -2.31. The normalized spacial score (nSPS) is 17.9. The fourth-order valence-corrected chi connectivity index (χ4v) is 4.14. The first kappa shape index (κ1) is 21.2. The number of carbonyl (C=O) groups excluding carboxylic acids is 2. The van der Waals surface area contributed by atoms with E-state index >= 15 is 0 Å². The number of hydrogen-bond acceptors (Lipinski definition) is 7. The number of ketones is 1. The van der Waals surface area contributed by atoms with E-state index in [1.165, 1.54) is 7.11 Å². The summed E-state index contributed by atoms with van der Waals surface area (Å²) in [7, 11) is 1.26. The van der Waals surface area contributed by atoms with Gasteiger partial charge in [0.1, 0.15) is 23.7 Å². The lowest BCUT2D eigenvalue weighted by molar-refractivity contribution is -0.136. The van der Waals surface area contributed by atoms with E-state index in [1.807, 2.05) is 12.1 Å². The first-order valence-corrected chi connectivity index (χ1v) is 10.3. The standard InChI is InChI=1S/C25H22N2O5/c1-30-25(29)23-21(22-18(28)10-6-12-20(22)32-24(23)27)17-9-4-5-11-19(17)31-14-16-8-3-2-7-15(16)13-26/h2-5,7-9,11,21H,6,10,12,14,27H2,1H3/t21-/m1/s1. The summed E-state index contributed by atoms with van der Waals surface area (Å²) >= 11 is 0. The van der Waals surface area contributed by atoms with Crippen LogP contribution >= 0.6 is 0 Å². The Balaban J connectivity index is 1.79.